The molecule has 0 heterocycles. The normalized spacial score (nSPS) is 11.8. The average Bonchev–Trinajstić information content (AvgIpc) is 2.28. The molecule has 1 aromatic rings. The zero-order valence-corrected chi connectivity index (χ0v) is 9.16. The Morgan fingerprint density at radius 3 is 2.73 bits per heavy atom. The van der Waals surface area contributed by atoms with Gasteiger partial charge in [0.2, 0.25) is 0 Å². The Balaban J connectivity index is 2.96. The number of ketones is 1. The molecule has 1 unspecified atom stereocenters. The van der Waals surface area contributed by atoms with E-state index in [1.165, 1.54) is 0 Å². The van der Waals surface area contributed by atoms with Crippen molar-refractivity contribution in [1.29, 1.82) is 5.26 Å². The van der Waals surface area contributed by atoms with Gasteiger partial charge in [-0.15, -0.1) is 0 Å². The lowest BCUT2D eigenvalue weighted by molar-refractivity contribution is 0.0923. The fourth-order valence-corrected chi connectivity index (χ4v) is 1.63. The van der Waals surface area contributed by atoms with Gasteiger partial charge in [0.1, 0.15) is 0 Å². The van der Waals surface area contributed by atoms with Crippen LogP contribution in [0.1, 0.15) is 42.6 Å². The van der Waals surface area contributed by atoms with E-state index in [-0.39, 0.29) is 11.7 Å². The van der Waals surface area contributed by atoms with Gasteiger partial charge < -0.3 is 0 Å². The second-order valence-corrected chi connectivity index (χ2v) is 3.71. The third-order valence-electron chi connectivity index (χ3n) is 2.48. The van der Waals surface area contributed by atoms with Crippen molar-refractivity contribution in [2.24, 2.45) is 5.92 Å². The number of Topliss-reactive ketones (excluding diaryl/α,β-unsaturated/α-hetero) is 1. The summed E-state index contributed by atoms with van der Waals surface area (Å²) in [5.41, 5.74) is 1.03. The van der Waals surface area contributed by atoms with Gasteiger partial charge in [0, 0.05) is 11.5 Å². The first kappa shape index (κ1) is 11.5. The summed E-state index contributed by atoms with van der Waals surface area (Å²) in [6, 6.07) is 9.04. The van der Waals surface area contributed by atoms with E-state index in [1.54, 1.807) is 24.3 Å². The molecule has 1 rings (SSSR count). The molecule has 0 aliphatic carbocycles. The summed E-state index contributed by atoms with van der Waals surface area (Å²) in [6.45, 7) is 3.97. The van der Waals surface area contributed by atoms with Gasteiger partial charge in [-0.05, 0) is 12.5 Å². The Hall–Kier alpha value is -1.62. The fraction of sp³-hybridized carbons (Fsp3) is 0.385. The SMILES string of the molecule is CCCC(C)C(=O)c1ccccc1C#N. The molecule has 78 valence electrons. The van der Waals surface area contributed by atoms with Crippen LogP contribution in [0.3, 0.4) is 0 Å². The molecule has 0 aliphatic heterocycles. The number of nitrogens with zero attached hydrogens (tertiary/aromatic N) is 1. The van der Waals surface area contributed by atoms with Crippen LogP contribution in [0.4, 0.5) is 0 Å². The minimum absolute atomic E-state index is 0.00417. The predicted molar refractivity (Wildman–Crippen MR) is 59.6 cm³/mol. The van der Waals surface area contributed by atoms with E-state index in [9.17, 15) is 4.79 Å². The summed E-state index contributed by atoms with van der Waals surface area (Å²) in [7, 11) is 0. The number of carbonyl (C=O) groups excluding carboxylic acids is 1. The minimum Gasteiger partial charge on any atom is -0.294 e. The van der Waals surface area contributed by atoms with Crippen LogP contribution < -0.4 is 0 Å². The van der Waals surface area contributed by atoms with Crippen molar-refractivity contribution < 1.29 is 4.79 Å². The summed E-state index contributed by atoms with van der Waals surface area (Å²) in [6.07, 6.45) is 1.86. The summed E-state index contributed by atoms with van der Waals surface area (Å²) < 4.78 is 0. The van der Waals surface area contributed by atoms with Crippen LogP contribution in [0.5, 0.6) is 0 Å². The molecular formula is C13H15NO. The lowest BCUT2D eigenvalue weighted by Crippen LogP contribution is -2.12. The summed E-state index contributed by atoms with van der Waals surface area (Å²) >= 11 is 0. The highest BCUT2D eigenvalue weighted by molar-refractivity contribution is 5.99. The van der Waals surface area contributed by atoms with E-state index in [0.717, 1.165) is 12.8 Å². The lowest BCUT2D eigenvalue weighted by atomic mass is 9.93. The van der Waals surface area contributed by atoms with Crippen molar-refractivity contribution in [2.45, 2.75) is 26.7 Å². The quantitative estimate of drug-likeness (QED) is 0.702. The standard InChI is InChI=1S/C13H15NO/c1-3-6-10(2)13(15)12-8-5-4-7-11(12)9-14/h4-5,7-8,10H,3,6H2,1-2H3. The highest BCUT2D eigenvalue weighted by Gasteiger charge is 2.16. The van der Waals surface area contributed by atoms with E-state index >= 15 is 0 Å². The molecule has 1 aromatic carbocycles. The van der Waals surface area contributed by atoms with Crippen molar-refractivity contribution in [3.8, 4) is 6.07 Å². The Labute approximate surface area is 90.5 Å². The highest BCUT2D eigenvalue weighted by Crippen LogP contribution is 2.16. The van der Waals surface area contributed by atoms with Crippen molar-refractivity contribution >= 4 is 5.78 Å². The summed E-state index contributed by atoms with van der Waals surface area (Å²) in [4.78, 5) is 12.0. The largest absolute Gasteiger partial charge is 0.294 e. The average molecular weight is 201 g/mol. The number of hydrogen-bond donors (Lipinski definition) is 0. The molecule has 1 atom stereocenters. The first-order valence-corrected chi connectivity index (χ1v) is 5.24. The van der Waals surface area contributed by atoms with Crippen LogP contribution in [0.2, 0.25) is 0 Å². The molecular weight excluding hydrogens is 186 g/mol. The molecule has 0 aromatic heterocycles. The van der Waals surface area contributed by atoms with Crippen LogP contribution >= 0.6 is 0 Å². The third kappa shape index (κ3) is 2.66. The van der Waals surface area contributed by atoms with Gasteiger partial charge in [0.05, 0.1) is 11.6 Å². The molecule has 2 heteroatoms. The number of nitriles is 1. The Morgan fingerprint density at radius 1 is 1.47 bits per heavy atom. The molecule has 2 nitrogen and oxygen atoms in total. The zero-order valence-electron chi connectivity index (χ0n) is 9.16. The molecule has 0 saturated carbocycles. The van der Waals surface area contributed by atoms with Gasteiger partial charge in [-0.3, -0.25) is 4.79 Å². The van der Waals surface area contributed by atoms with Gasteiger partial charge in [-0.2, -0.15) is 5.26 Å². The minimum atomic E-state index is 0.00417. The van der Waals surface area contributed by atoms with Gasteiger partial charge in [0.25, 0.3) is 0 Å². The number of carbonyl (C=O) groups is 1. The molecule has 0 amide bonds. The van der Waals surface area contributed by atoms with Crippen LogP contribution in [0.25, 0.3) is 0 Å². The zero-order chi connectivity index (χ0) is 11.3. The monoisotopic (exact) mass is 201 g/mol. The Kier molecular flexibility index (Phi) is 4.05. The van der Waals surface area contributed by atoms with Crippen LogP contribution in [-0.4, -0.2) is 5.78 Å². The molecule has 0 aliphatic rings. The maximum absolute atomic E-state index is 12.0. The number of benzene rings is 1. The lowest BCUT2D eigenvalue weighted by Gasteiger charge is -2.09. The number of rotatable bonds is 4. The van der Waals surface area contributed by atoms with Gasteiger partial charge in [-0.1, -0.05) is 38.5 Å². The van der Waals surface area contributed by atoms with Crippen molar-refractivity contribution in [2.75, 3.05) is 0 Å². The second kappa shape index (κ2) is 5.31. The van der Waals surface area contributed by atoms with Crippen molar-refractivity contribution in [3.05, 3.63) is 35.4 Å². The van der Waals surface area contributed by atoms with Crippen LogP contribution in [-0.2, 0) is 0 Å². The molecule has 0 fully saturated rings. The van der Waals surface area contributed by atoms with E-state index in [1.807, 2.05) is 6.92 Å². The Morgan fingerprint density at radius 2 is 2.13 bits per heavy atom. The molecule has 15 heavy (non-hydrogen) atoms. The van der Waals surface area contributed by atoms with Gasteiger partial charge >= 0.3 is 0 Å². The number of hydrogen-bond acceptors (Lipinski definition) is 2. The first-order chi connectivity index (χ1) is 7.20. The van der Waals surface area contributed by atoms with Crippen LogP contribution in [0.15, 0.2) is 24.3 Å². The fourth-order valence-electron chi connectivity index (χ4n) is 1.63. The van der Waals surface area contributed by atoms with E-state index in [0.29, 0.717) is 11.1 Å². The summed E-state index contributed by atoms with van der Waals surface area (Å²) in [5, 5.41) is 8.88. The maximum Gasteiger partial charge on any atom is 0.166 e. The maximum atomic E-state index is 12.0. The molecule has 0 N–H and O–H groups in total. The van der Waals surface area contributed by atoms with Gasteiger partial charge in [0.15, 0.2) is 5.78 Å². The molecule has 0 saturated heterocycles. The molecule has 0 bridgehead atoms. The van der Waals surface area contributed by atoms with Crippen molar-refractivity contribution in [1.82, 2.24) is 0 Å². The van der Waals surface area contributed by atoms with E-state index < -0.39 is 0 Å². The smallest absolute Gasteiger partial charge is 0.166 e. The molecule has 0 spiro atoms. The van der Waals surface area contributed by atoms with E-state index in [4.69, 9.17) is 5.26 Å². The van der Waals surface area contributed by atoms with E-state index in [2.05, 4.69) is 13.0 Å². The van der Waals surface area contributed by atoms with Crippen LogP contribution in [0, 0.1) is 17.2 Å². The highest BCUT2D eigenvalue weighted by atomic mass is 16.1. The van der Waals surface area contributed by atoms with Gasteiger partial charge in [-0.25, -0.2) is 0 Å². The Bertz CT molecular complexity index is 390. The molecule has 0 radical (unpaired) electrons. The predicted octanol–water partition coefficient (Wildman–Crippen LogP) is 3.18. The van der Waals surface area contributed by atoms with Crippen molar-refractivity contribution in [3.63, 3.8) is 0 Å². The first-order valence-electron chi connectivity index (χ1n) is 5.24. The second-order valence-electron chi connectivity index (χ2n) is 3.71. The summed E-state index contributed by atoms with van der Waals surface area (Å²) in [5.74, 6) is 0.0819. The topological polar surface area (TPSA) is 40.9 Å². The third-order valence-corrected chi connectivity index (χ3v) is 2.48.